The molecule has 35 heavy (non-hydrogen) atoms. The number of nitrogens with one attached hydrogen (secondary N) is 1. The molecular weight excluding hydrogens is 464 g/mol. The zero-order chi connectivity index (χ0) is 24.9. The Bertz CT molecular complexity index is 1160. The second kappa shape index (κ2) is 10.9. The number of methoxy groups -OCH3 is 2. The summed E-state index contributed by atoms with van der Waals surface area (Å²) in [5, 5.41) is 3.60. The normalized spacial score (nSPS) is 14.9. The van der Waals surface area contributed by atoms with Gasteiger partial charge in [-0.15, -0.1) is 0 Å². The van der Waals surface area contributed by atoms with Crippen LogP contribution in [0.2, 0.25) is 5.02 Å². The third-order valence-electron chi connectivity index (χ3n) is 6.31. The molecule has 0 spiro atoms. The topological polar surface area (TPSA) is 60.0 Å². The minimum Gasteiger partial charge on any atom is -0.493 e. The van der Waals surface area contributed by atoms with E-state index in [1.165, 1.54) is 5.56 Å². The van der Waals surface area contributed by atoms with Gasteiger partial charge in [0.15, 0.2) is 11.5 Å². The molecule has 3 aromatic carbocycles. The lowest BCUT2D eigenvalue weighted by atomic mass is 9.92. The van der Waals surface area contributed by atoms with Gasteiger partial charge in [0, 0.05) is 17.3 Å². The smallest absolute Gasteiger partial charge is 0.322 e. The van der Waals surface area contributed by atoms with Gasteiger partial charge in [-0.2, -0.15) is 0 Å². The van der Waals surface area contributed by atoms with Crippen molar-refractivity contribution in [3.8, 4) is 17.2 Å². The zero-order valence-corrected chi connectivity index (χ0v) is 21.3. The molecule has 0 aromatic heterocycles. The highest BCUT2D eigenvalue weighted by atomic mass is 35.5. The van der Waals surface area contributed by atoms with Crippen molar-refractivity contribution >= 4 is 23.3 Å². The largest absolute Gasteiger partial charge is 0.493 e. The number of hydrogen-bond acceptors (Lipinski definition) is 4. The average molecular weight is 495 g/mol. The lowest BCUT2D eigenvalue weighted by Gasteiger charge is -2.37. The van der Waals surface area contributed by atoms with Crippen LogP contribution < -0.4 is 19.5 Å². The minimum absolute atomic E-state index is 0.198. The lowest BCUT2D eigenvalue weighted by molar-refractivity contribution is 0.144. The van der Waals surface area contributed by atoms with Gasteiger partial charge in [0.25, 0.3) is 0 Å². The Morgan fingerprint density at radius 3 is 2.31 bits per heavy atom. The number of urea groups is 1. The van der Waals surface area contributed by atoms with Crippen molar-refractivity contribution in [1.82, 2.24) is 4.90 Å². The Balaban J connectivity index is 1.62. The van der Waals surface area contributed by atoms with Crippen molar-refractivity contribution in [2.75, 3.05) is 32.7 Å². The first kappa shape index (κ1) is 24.7. The van der Waals surface area contributed by atoms with Gasteiger partial charge >= 0.3 is 6.03 Å². The van der Waals surface area contributed by atoms with Gasteiger partial charge in [-0.1, -0.05) is 37.6 Å². The molecule has 4 rings (SSSR count). The van der Waals surface area contributed by atoms with Gasteiger partial charge in [-0.05, 0) is 77.6 Å². The van der Waals surface area contributed by atoms with Gasteiger partial charge in [-0.25, -0.2) is 4.79 Å². The Labute approximate surface area is 211 Å². The maximum Gasteiger partial charge on any atom is 0.322 e. The number of anilines is 1. The van der Waals surface area contributed by atoms with Crippen LogP contribution in [-0.4, -0.2) is 38.3 Å². The van der Waals surface area contributed by atoms with Crippen molar-refractivity contribution in [3.63, 3.8) is 0 Å². The summed E-state index contributed by atoms with van der Waals surface area (Å²) in [7, 11) is 3.24. The lowest BCUT2D eigenvalue weighted by Crippen LogP contribution is -2.44. The number of ether oxygens (including phenoxy) is 3. The summed E-state index contributed by atoms with van der Waals surface area (Å²) in [6, 6.07) is 18.6. The van der Waals surface area contributed by atoms with Crippen molar-refractivity contribution in [2.24, 2.45) is 0 Å². The second-order valence-electron chi connectivity index (χ2n) is 8.84. The third kappa shape index (κ3) is 5.65. The Kier molecular flexibility index (Phi) is 7.71. The SMILES string of the molecule is COc1cc2c(cc1OC)C(COc1ccc(C(C)C)cc1)N(C(=O)Nc1ccc(Cl)cc1)CC2. The Morgan fingerprint density at radius 2 is 1.69 bits per heavy atom. The first-order valence-corrected chi connectivity index (χ1v) is 12.1. The van der Waals surface area contributed by atoms with E-state index in [1.807, 2.05) is 29.2 Å². The zero-order valence-electron chi connectivity index (χ0n) is 20.5. The predicted molar refractivity (Wildman–Crippen MR) is 139 cm³/mol. The van der Waals surface area contributed by atoms with Crippen molar-refractivity contribution in [1.29, 1.82) is 0 Å². The average Bonchev–Trinajstić information content (AvgIpc) is 2.87. The fraction of sp³-hybridized carbons (Fsp3) is 0.321. The number of nitrogens with zero attached hydrogens (tertiary/aromatic N) is 1. The van der Waals surface area contributed by atoms with Crippen LogP contribution in [0.15, 0.2) is 60.7 Å². The molecule has 1 aliphatic rings. The van der Waals surface area contributed by atoms with Crippen LogP contribution in [0.3, 0.4) is 0 Å². The van der Waals surface area contributed by atoms with E-state index in [2.05, 4.69) is 31.3 Å². The fourth-order valence-corrected chi connectivity index (χ4v) is 4.43. The number of hydrogen-bond donors (Lipinski definition) is 1. The standard InChI is InChI=1S/C28H31ClN2O4/c1-18(2)19-5-11-23(12-6-19)35-17-25-24-16-27(34-4)26(33-3)15-20(24)13-14-31(25)28(32)30-22-9-7-21(29)8-10-22/h5-12,15-16,18,25H,13-14,17H2,1-4H3,(H,30,32). The summed E-state index contributed by atoms with van der Waals surface area (Å²) in [5.41, 5.74) is 4.03. The molecule has 1 atom stereocenters. The molecule has 0 aliphatic carbocycles. The third-order valence-corrected chi connectivity index (χ3v) is 6.57. The van der Waals surface area contributed by atoms with Gasteiger partial charge < -0.3 is 24.4 Å². The van der Waals surface area contributed by atoms with Gasteiger partial charge in [-0.3, -0.25) is 0 Å². The molecular formula is C28H31ClN2O4. The summed E-state index contributed by atoms with van der Waals surface area (Å²) in [4.78, 5) is 15.2. The van der Waals surface area contributed by atoms with E-state index < -0.39 is 0 Å². The maximum absolute atomic E-state index is 13.4. The second-order valence-corrected chi connectivity index (χ2v) is 9.27. The molecule has 7 heteroatoms. The van der Waals surface area contributed by atoms with Crippen LogP contribution in [0.5, 0.6) is 17.2 Å². The molecule has 3 aromatic rings. The van der Waals surface area contributed by atoms with Gasteiger partial charge in [0.05, 0.1) is 20.3 Å². The quantitative estimate of drug-likeness (QED) is 0.397. The van der Waals surface area contributed by atoms with E-state index in [1.54, 1.807) is 38.5 Å². The van der Waals surface area contributed by atoms with Gasteiger partial charge in [0.2, 0.25) is 0 Å². The molecule has 0 radical (unpaired) electrons. The van der Waals surface area contributed by atoms with Crippen molar-refractivity contribution < 1.29 is 19.0 Å². The molecule has 6 nitrogen and oxygen atoms in total. The number of amides is 2. The number of carbonyl (C=O) groups is 1. The molecule has 1 N–H and O–H groups in total. The first-order valence-electron chi connectivity index (χ1n) is 11.7. The van der Waals surface area contributed by atoms with E-state index >= 15 is 0 Å². The summed E-state index contributed by atoms with van der Waals surface area (Å²) >= 11 is 5.99. The molecule has 2 amide bonds. The van der Waals surface area contributed by atoms with Crippen LogP contribution in [0.1, 0.15) is 42.5 Å². The minimum atomic E-state index is -0.310. The number of fused-ring (bicyclic) bond motifs is 1. The number of benzene rings is 3. The number of carbonyl (C=O) groups excluding carboxylic acids is 1. The van der Waals surface area contributed by atoms with Crippen LogP contribution in [-0.2, 0) is 6.42 Å². The van der Waals surface area contributed by atoms with Crippen molar-refractivity contribution in [2.45, 2.75) is 32.2 Å². The highest BCUT2D eigenvalue weighted by Crippen LogP contribution is 2.38. The fourth-order valence-electron chi connectivity index (χ4n) is 4.30. The van der Waals surface area contributed by atoms with E-state index in [4.69, 9.17) is 25.8 Å². The molecule has 0 saturated carbocycles. The van der Waals surface area contributed by atoms with E-state index in [-0.39, 0.29) is 12.1 Å². The Hall–Kier alpha value is -3.38. The van der Waals surface area contributed by atoms with E-state index in [9.17, 15) is 4.79 Å². The van der Waals surface area contributed by atoms with Crippen molar-refractivity contribution in [3.05, 3.63) is 82.4 Å². The van der Waals surface area contributed by atoms with E-state index in [0.29, 0.717) is 47.7 Å². The molecule has 0 saturated heterocycles. The summed E-state index contributed by atoms with van der Waals surface area (Å²) in [6.45, 7) is 5.17. The van der Waals surface area contributed by atoms with Crippen LogP contribution in [0.25, 0.3) is 0 Å². The van der Waals surface area contributed by atoms with E-state index in [0.717, 1.165) is 16.9 Å². The Morgan fingerprint density at radius 1 is 1.03 bits per heavy atom. The predicted octanol–water partition coefficient (Wildman–Crippen LogP) is 6.69. The molecule has 184 valence electrons. The highest BCUT2D eigenvalue weighted by Gasteiger charge is 2.33. The van der Waals surface area contributed by atoms with Crippen LogP contribution in [0.4, 0.5) is 10.5 Å². The highest BCUT2D eigenvalue weighted by molar-refractivity contribution is 6.30. The summed E-state index contributed by atoms with van der Waals surface area (Å²) < 4.78 is 17.3. The summed E-state index contributed by atoms with van der Waals surface area (Å²) in [5.74, 6) is 2.51. The van der Waals surface area contributed by atoms with Crippen LogP contribution in [0, 0.1) is 0 Å². The number of rotatable bonds is 7. The molecule has 0 bridgehead atoms. The number of halogens is 1. The summed E-state index contributed by atoms with van der Waals surface area (Å²) in [6.07, 6.45) is 0.698. The molecule has 0 fully saturated rings. The first-order chi connectivity index (χ1) is 16.9. The monoisotopic (exact) mass is 494 g/mol. The molecule has 1 aliphatic heterocycles. The molecule has 1 unspecified atom stereocenters. The van der Waals surface area contributed by atoms with Crippen LogP contribution >= 0.6 is 11.6 Å². The maximum atomic E-state index is 13.4. The molecule has 1 heterocycles. The van der Waals surface area contributed by atoms with Gasteiger partial charge in [0.1, 0.15) is 12.4 Å².